The summed E-state index contributed by atoms with van der Waals surface area (Å²) in [4.78, 5) is 11.8. The van der Waals surface area contributed by atoms with Crippen LogP contribution in [0.3, 0.4) is 0 Å². The first-order chi connectivity index (χ1) is 10.4. The Morgan fingerprint density at radius 1 is 1.36 bits per heavy atom. The van der Waals surface area contributed by atoms with Gasteiger partial charge in [-0.05, 0) is 49.0 Å². The van der Waals surface area contributed by atoms with Gasteiger partial charge < -0.3 is 5.73 Å². The Bertz CT molecular complexity index is 730. The van der Waals surface area contributed by atoms with Crippen LogP contribution in [0, 0.1) is 5.92 Å². The molecule has 0 spiro atoms. The summed E-state index contributed by atoms with van der Waals surface area (Å²) in [5.41, 5.74) is 5.20. The second-order valence-electron chi connectivity index (χ2n) is 5.80. The minimum absolute atomic E-state index is 0.0671. The average Bonchev–Trinajstić information content (AvgIpc) is 3.22. The second-order valence-corrected chi connectivity index (χ2v) is 7.98. The van der Waals surface area contributed by atoms with Crippen LogP contribution in [0.15, 0.2) is 29.7 Å². The van der Waals surface area contributed by atoms with Gasteiger partial charge in [0, 0.05) is 17.0 Å². The quantitative estimate of drug-likeness (QED) is 0.910. The zero-order chi connectivity index (χ0) is 16.0. The Hall–Kier alpha value is -1.37. The minimum atomic E-state index is -3.68. The number of piperidine rings is 1. The smallest absolute Gasteiger partial charge is 0.239 e. The lowest BCUT2D eigenvalue weighted by atomic mass is 10.0. The van der Waals surface area contributed by atoms with Crippen molar-refractivity contribution in [1.29, 1.82) is 0 Å². The third-order valence-corrected chi connectivity index (χ3v) is 6.32. The van der Waals surface area contributed by atoms with Crippen molar-refractivity contribution < 1.29 is 13.2 Å². The zero-order valence-corrected chi connectivity index (χ0v) is 13.5. The molecule has 2 N–H and O–H groups in total. The number of benzene rings is 1. The predicted molar refractivity (Wildman–Crippen MR) is 85.4 cm³/mol. The Balaban J connectivity index is 1.86. The molecule has 1 heterocycles. The summed E-state index contributed by atoms with van der Waals surface area (Å²) in [5.74, 6) is -0.474. The number of hydrogen-bond acceptors (Lipinski definition) is 3. The van der Waals surface area contributed by atoms with E-state index in [9.17, 15) is 13.2 Å². The van der Waals surface area contributed by atoms with Gasteiger partial charge in [-0.2, -0.15) is 4.31 Å². The van der Waals surface area contributed by atoms with E-state index in [0.717, 1.165) is 23.8 Å². The molecular formula is C15H17ClN2O3S. The molecule has 1 aromatic carbocycles. The molecule has 2 fully saturated rings. The third-order valence-electron chi connectivity index (χ3n) is 4.47. The maximum absolute atomic E-state index is 12.6. The van der Waals surface area contributed by atoms with Crippen LogP contribution in [0.25, 0.3) is 6.08 Å². The fourth-order valence-electron chi connectivity index (χ4n) is 3.23. The number of hydrogen-bond donors (Lipinski definition) is 1. The molecule has 2 aliphatic rings. The van der Waals surface area contributed by atoms with E-state index in [4.69, 9.17) is 17.3 Å². The van der Waals surface area contributed by atoms with E-state index in [-0.39, 0.29) is 5.92 Å². The summed E-state index contributed by atoms with van der Waals surface area (Å²) in [7, 11) is -3.68. The van der Waals surface area contributed by atoms with Gasteiger partial charge in [0.15, 0.2) is 0 Å². The summed E-state index contributed by atoms with van der Waals surface area (Å²) >= 11 is 5.80. The van der Waals surface area contributed by atoms with Crippen molar-refractivity contribution in [3.63, 3.8) is 0 Å². The van der Waals surface area contributed by atoms with Gasteiger partial charge in [0.05, 0.1) is 0 Å². The molecule has 0 bridgehead atoms. The van der Waals surface area contributed by atoms with Crippen molar-refractivity contribution in [2.75, 3.05) is 6.54 Å². The molecule has 3 rings (SSSR count). The third kappa shape index (κ3) is 2.55. The van der Waals surface area contributed by atoms with Crippen molar-refractivity contribution in [2.45, 2.75) is 24.8 Å². The van der Waals surface area contributed by atoms with E-state index in [2.05, 4.69) is 0 Å². The number of carbonyl (C=O) groups is 1. The highest BCUT2D eigenvalue weighted by atomic mass is 35.5. The summed E-state index contributed by atoms with van der Waals surface area (Å²) in [6.07, 6.45) is 3.66. The highest BCUT2D eigenvalue weighted by molar-refractivity contribution is 7.92. The number of carbonyl (C=O) groups excluding carboxylic acids is 1. The normalized spacial score (nSPS) is 28.5. The molecule has 2 atom stereocenters. The molecule has 0 radical (unpaired) electrons. The van der Waals surface area contributed by atoms with Gasteiger partial charge in [0.1, 0.15) is 5.54 Å². The van der Waals surface area contributed by atoms with Gasteiger partial charge in [-0.3, -0.25) is 4.79 Å². The predicted octanol–water partition coefficient (Wildman–Crippen LogP) is 1.98. The van der Waals surface area contributed by atoms with Gasteiger partial charge >= 0.3 is 0 Å². The Morgan fingerprint density at radius 3 is 2.68 bits per heavy atom. The number of amides is 1. The molecule has 1 aromatic rings. The molecule has 1 aliphatic carbocycles. The van der Waals surface area contributed by atoms with Crippen molar-refractivity contribution >= 4 is 33.6 Å². The largest absolute Gasteiger partial charge is 0.368 e. The van der Waals surface area contributed by atoms with Crippen molar-refractivity contribution in [3.8, 4) is 0 Å². The average molecular weight is 341 g/mol. The number of rotatable bonds is 4. The van der Waals surface area contributed by atoms with E-state index < -0.39 is 21.5 Å². The Labute approximate surface area is 134 Å². The van der Waals surface area contributed by atoms with E-state index >= 15 is 0 Å². The van der Waals surface area contributed by atoms with E-state index in [1.807, 2.05) is 0 Å². The number of nitrogens with two attached hydrogens (primary N) is 1. The van der Waals surface area contributed by atoms with E-state index in [1.54, 1.807) is 24.3 Å². The number of sulfonamides is 1. The van der Waals surface area contributed by atoms with Crippen LogP contribution in [-0.2, 0) is 14.8 Å². The summed E-state index contributed by atoms with van der Waals surface area (Å²) in [5, 5.41) is 1.73. The highest BCUT2D eigenvalue weighted by Crippen LogP contribution is 2.55. The lowest BCUT2D eigenvalue weighted by Gasteiger charge is -2.32. The lowest BCUT2D eigenvalue weighted by molar-refractivity contribution is -0.124. The summed E-state index contributed by atoms with van der Waals surface area (Å²) in [6, 6.07) is 6.84. The fraction of sp³-hybridized carbons (Fsp3) is 0.400. The zero-order valence-electron chi connectivity index (χ0n) is 11.9. The first-order valence-electron chi connectivity index (χ1n) is 7.13. The molecule has 1 amide bonds. The van der Waals surface area contributed by atoms with Gasteiger partial charge in [0.25, 0.3) is 0 Å². The summed E-state index contributed by atoms with van der Waals surface area (Å²) in [6.45, 7) is 0.340. The Kier molecular flexibility index (Phi) is 3.79. The minimum Gasteiger partial charge on any atom is -0.368 e. The van der Waals surface area contributed by atoms with Crippen LogP contribution in [-0.4, -0.2) is 30.7 Å². The van der Waals surface area contributed by atoms with Crippen LogP contribution in [0.1, 0.15) is 24.8 Å². The molecule has 1 saturated heterocycles. The molecule has 1 aliphatic heterocycles. The number of fused-ring (bicyclic) bond motifs is 1. The molecular weight excluding hydrogens is 324 g/mol. The molecule has 22 heavy (non-hydrogen) atoms. The lowest BCUT2D eigenvalue weighted by Crippen LogP contribution is -2.53. The first kappa shape index (κ1) is 15.5. The first-order valence-corrected chi connectivity index (χ1v) is 9.01. The van der Waals surface area contributed by atoms with Gasteiger partial charge in [-0.1, -0.05) is 23.7 Å². The topological polar surface area (TPSA) is 80.5 Å². The maximum Gasteiger partial charge on any atom is 0.239 e. The van der Waals surface area contributed by atoms with Crippen LogP contribution in [0.4, 0.5) is 0 Å². The van der Waals surface area contributed by atoms with Crippen molar-refractivity contribution in [3.05, 3.63) is 40.3 Å². The molecule has 1 saturated carbocycles. The van der Waals surface area contributed by atoms with Gasteiger partial charge in [-0.15, -0.1) is 0 Å². The number of nitrogens with zero attached hydrogens (tertiary/aromatic N) is 1. The second kappa shape index (κ2) is 5.37. The van der Waals surface area contributed by atoms with Crippen molar-refractivity contribution in [1.82, 2.24) is 4.31 Å². The monoisotopic (exact) mass is 340 g/mol. The van der Waals surface area contributed by atoms with Crippen LogP contribution < -0.4 is 5.73 Å². The van der Waals surface area contributed by atoms with Crippen molar-refractivity contribution in [2.24, 2.45) is 11.7 Å². The van der Waals surface area contributed by atoms with Gasteiger partial charge in [0.2, 0.25) is 15.9 Å². The summed E-state index contributed by atoms with van der Waals surface area (Å²) < 4.78 is 26.4. The molecule has 0 aromatic heterocycles. The van der Waals surface area contributed by atoms with Gasteiger partial charge in [-0.25, -0.2) is 8.42 Å². The van der Waals surface area contributed by atoms with E-state index in [1.165, 1.54) is 10.4 Å². The van der Waals surface area contributed by atoms with E-state index in [0.29, 0.717) is 18.0 Å². The SMILES string of the molecule is NC(=O)[C@]12C[C@H]1CCCN2S(=O)(=O)/C=C/c1ccc(Cl)cc1. The maximum atomic E-state index is 12.6. The molecule has 5 nitrogen and oxygen atoms in total. The standard InChI is InChI=1S/C15H17ClN2O3S/c16-13-5-3-11(4-6-13)7-9-22(20,21)18-8-1-2-12-10-15(12,18)14(17)19/h3-7,9,12H,1-2,8,10H2,(H2,17,19)/b9-7+/t12-,15+/m1/s1. The van der Waals surface area contributed by atoms with Crippen LogP contribution in [0.2, 0.25) is 5.02 Å². The Morgan fingerprint density at radius 2 is 2.05 bits per heavy atom. The van der Waals surface area contributed by atoms with Crippen LogP contribution >= 0.6 is 11.6 Å². The fourth-order valence-corrected chi connectivity index (χ4v) is 4.99. The van der Waals surface area contributed by atoms with Crippen LogP contribution in [0.5, 0.6) is 0 Å². The molecule has 0 unspecified atom stereocenters. The number of halogens is 1. The highest BCUT2D eigenvalue weighted by Gasteiger charge is 2.66. The molecule has 7 heteroatoms. The number of primary amides is 1. The molecule has 118 valence electrons.